The molecule has 0 bridgehead atoms. The van der Waals surface area contributed by atoms with Crippen molar-refractivity contribution < 1.29 is 0 Å². The Morgan fingerprint density at radius 1 is 1.54 bits per heavy atom. The summed E-state index contributed by atoms with van der Waals surface area (Å²) in [6.45, 7) is 2.13. The highest BCUT2D eigenvalue weighted by atomic mass is 35.5. The van der Waals surface area contributed by atoms with Crippen LogP contribution in [0, 0.1) is 0 Å². The van der Waals surface area contributed by atoms with Gasteiger partial charge in [0.25, 0.3) is 0 Å². The normalized spacial score (nSPS) is 12.5. The van der Waals surface area contributed by atoms with Gasteiger partial charge in [-0.05, 0) is 18.2 Å². The van der Waals surface area contributed by atoms with Crippen LogP contribution in [-0.2, 0) is 0 Å². The Morgan fingerprint density at radius 3 is 2.92 bits per heavy atom. The lowest BCUT2D eigenvalue weighted by Crippen LogP contribution is -1.96. The van der Waals surface area contributed by atoms with E-state index in [1.807, 2.05) is 7.05 Å². The molecule has 1 aromatic carbocycles. The number of halogens is 1. The van der Waals surface area contributed by atoms with Gasteiger partial charge in [0.2, 0.25) is 0 Å². The van der Waals surface area contributed by atoms with Crippen molar-refractivity contribution >= 4 is 29.1 Å². The Morgan fingerprint density at radius 2 is 2.31 bits per heavy atom. The molecule has 0 spiro atoms. The van der Waals surface area contributed by atoms with Crippen molar-refractivity contribution in [3.05, 3.63) is 24.3 Å². The van der Waals surface area contributed by atoms with Gasteiger partial charge < -0.3 is 5.32 Å². The highest BCUT2D eigenvalue weighted by Gasteiger charge is 2.02. The topological polar surface area (TPSA) is 12.0 Å². The molecule has 0 aliphatic heterocycles. The second-order valence-corrected chi connectivity index (χ2v) is 4.68. The predicted molar refractivity (Wildman–Crippen MR) is 62.0 cm³/mol. The maximum atomic E-state index is 5.74. The highest BCUT2D eigenvalue weighted by molar-refractivity contribution is 8.00. The monoisotopic (exact) mass is 215 g/mol. The standard InChI is InChI=1S/C10H14ClNS/c1-8(7-11)13-10-5-3-4-9(6-10)12-2/h3-6,8,12H,7H2,1-2H3. The maximum Gasteiger partial charge on any atom is 0.0348 e. The molecule has 1 nitrogen and oxygen atoms in total. The van der Waals surface area contributed by atoms with Crippen LogP contribution in [0.3, 0.4) is 0 Å². The average molecular weight is 216 g/mol. The van der Waals surface area contributed by atoms with E-state index in [1.165, 1.54) is 4.90 Å². The Kier molecular flexibility index (Phi) is 4.46. The summed E-state index contributed by atoms with van der Waals surface area (Å²) in [6, 6.07) is 8.34. The molecule has 0 aromatic heterocycles. The number of benzene rings is 1. The minimum Gasteiger partial charge on any atom is -0.388 e. The van der Waals surface area contributed by atoms with Crippen LogP contribution in [0.5, 0.6) is 0 Å². The molecule has 0 saturated heterocycles. The molecule has 72 valence electrons. The van der Waals surface area contributed by atoms with E-state index < -0.39 is 0 Å². The zero-order valence-electron chi connectivity index (χ0n) is 7.88. The van der Waals surface area contributed by atoms with Crippen LogP contribution in [0.15, 0.2) is 29.2 Å². The quantitative estimate of drug-likeness (QED) is 0.610. The fourth-order valence-corrected chi connectivity index (χ4v) is 2.06. The summed E-state index contributed by atoms with van der Waals surface area (Å²) in [4.78, 5) is 1.26. The van der Waals surface area contributed by atoms with Crippen LogP contribution < -0.4 is 5.32 Å². The van der Waals surface area contributed by atoms with Crippen molar-refractivity contribution in [2.45, 2.75) is 17.1 Å². The van der Waals surface area contributed by atoms with Gasteiger partial charge in [0.05, 0.1) is 0 Å². The fourth-order valence-electron chi connectivity index (χ4n) is 0.989. The summed E-state index contributed by atoms with van der Waals surface area (Å²) in [5, 5.41) is 3.58. The summed E-state index contributed by atoms with van der Waals surface area (Å²) in [5.41, 5.74) is 1.15. The van der Waals surface area contributed by atoms with Gasteiger partial charge in [-0.25, -0.2) is 0 Å². The SMILES string of the molecule is CNc1cccc(SC(C)CCl)c1. The van der Waals surface area contributed by atoms with Crippen LogP contribution in [-0.4, -0.2) is 18.2 Å². The molecule has 0 saturated carbocycles. The summed E-state index contributed by atoms with van der Waals surface area (Å²) in [6.07, 6.45) is 0. The molecule has 0 aliphatic carbocycles. The van der Waals surface area contributed by atoms with Gasteiger partial charge >= 0.3 is 0 Å². The molecular weight excluding hydrogens is 202 g/mol. The first-order chi connectivity index (χ1) is 6.26. The van der Waals surface area contributed by atoms with Crippen molar-refractivity contribution in [1.82, 2.24) is 0 Å². The van der Waals surface area contributed by atoms with E-state index >= 15 is 0 Å². The molecule has 13 heavy (non-hydrogen) atoms. The van der Waals surface area contributed by atoms with E-state index in [9.17, 15) is 0 Å². The van der Waals surface area contributed by atoms with Gasteiger partial charge in [0.15, 0.2) is 0 Å². The molecular formula is C10H14ClNS. The largest absolute Gasteiger partial charge is 0.388 e. The summed E-state index contributed by atoms with van der Waals surface area (Å²) >= 11 is 7.54. The Balaban J connectivity index is 2.66. The number of rotatable bonds is 4. The van der Waals surface area contributed by atoms with Gasteiger partial charge in [0.1, 0.15) is 0 Å². The minimum absolute atomic E-state index is 0.466. The number of nitrogens with one attached hydrogen (secondary N) is 1. The molecule has 1 N–H and O–H groups in total. The predicted octanol–water partition coefficient (Wildman–Crippen LogP) is 3.45. The van der Waals surface area contributed by atoms with E-state index in [0.717, 1.165) is 5.69 Å². The van der Waals surface area contributed by atoms with Gasteiger partial charge in [-0.1, -0.05) is 13.0 Å². The first-order valence-corrected chi connectivity index (χ1v) is 5.68. The maximum absolute atomic E-state index is 5.74. The summed E-state index contributed by atoms with van der Waals surface area (Å²) in [5.74, 6) is 0.689. The van der Waals surface area contributed by atoms with Gasteiger partial charge in [0, 0.05) is 28.8 Å². The van der Waals surface area contributed by atoms with Crippen LogP contribution in [0.1, 0.15) is 6.92 Å². The molecule has 0 heterocycles. The zero-order chi connectivity index (χ0) is 9.68. The number of anilines is 1. The van der Waals surface area contributed by atoms with E-state index in [1.54, 1.807) is 11.8 Å². The molecule has 1 atom stereocenters. The number of thioether (sulfide) groups is 1. The second-order valence-electron chi connectivity index (χ2n) is 2.86. The molecule has 0 radical (unpaired) electrons. The Labute approximate surface area is 88.9 Å². The van der Waals surface area contributed by atoms with Crippen LogP contribution in [0.2, 0.25) is 0 Å². The highest BCUT2D eigenvalue weighted by Crippen LogP contribution is 2.25. The smallest absolute Gasteiger partial charge is 0.0348 e. The van der Waals surface area contributed by atoms with E-state index in [2.05, 4.69) is 36.5 Å². The lowest BCUT2D eigenvalue weighted by Gasteiger charge is -2.08. The molecule has 0 aliphatic rings. The number of hydrogen-bond acceptors (Lipinski definition) is 2. The minimum atomic E-state index is 0.466. The summed E-state index contributed by atoms with van der Waals surface area (Å²) in [7, 11) is 1.93. The van der Waals surface area contributed by atoms with Crippen LogP contribution >= 0.6 is 23.4 Å². The first kappa shape index (κ1) is 10.7. The number of alkyl halides is 1. The van der Waals surface area contributed by atoms with Crippen LogP contribution in [0.4, 0.5) is 5.69 Å². The van der Waals surface area contributed by atoms with Gasteiger partial charge in [-0.3, -0.25) is 0 Å². The third-order valence-corrected chi connectivity index (χ3v) is 3.42. The average Bonchev–Trinajstić information content (AvgIpc) is 2.18. The molecule has 0 fully saturated rings. The fraction of sp³-hybridized carbons (Fsp3) is 0.400. The molecule has 3 heteroatoms. The molecule has 1 rings (SSSR count). The lowest BCUT2D eigenvalue weighted by molar-refractivity contribution is 1.12. The second kappa shape index (κ2) is 5.40. The third-order valence-electron chi connectivity index (χ3n) is 1.68. The van der Waals surface area contributed by atoms with Gasteiger partial charge in [-0.15, -0.1) is 23.4 Å². The van der Waals surface area contributed by atoms with E-state index in [4.69, 9.17) is 11.6 Å². The molecule has 1 unspecified atom stereocenters. The van der Waals surface area contributed by atoms with E-state index in [-0.39, 0.29) is 0 Å². The zero-order valence-corrected chi connectivity index (χ0v) is 9.45. The third kappa shape index (κ3) is 3.49. The number of hydrogen-bond donors (Lipinski definition) is 1. The molecule has 0 amide bonds. The van der Waals surface area contributed by atoms with E-state index in [0.29, 0.717) is 11.1 Å². The van der Waals surface area contributed by atoms with Crippen molar-refractivity contribution in [1.29, 1.82) is 0 Å². The van der Waals surface area contributed by atoms with Crippen molar-refractivity contribution in [2.24, 2.45) is 0 Å². The van der Waals surface area contributed by atoms with Crippen molar-refractivity contribution in [3.63, 3.8) is 0 Å². The van der Waals surface area contributed by atoms with Crippen LogP contribution in [0.25, 0.3) is 0 Å². The lowest BCUT2D eigenvalue weighted by atomic mass is 10.3. The molecule has 1 aromatic rings. The Hall–Kier alpha value is -0.340. The Bertz CT molecular complexity index is 265. The first-order valence-electron chi connectivity index (χ1n) is 4.26. The summed E-state index contributed by atoms with van der Waals surface area (Å²) < 4.78 is 0. The van der Waals surface area contributed by atoms with Crippen molar-refractivity contribution in [2.75, 3.05) is 18.2 Å². The van der Waals surface area contributed by atoms with Crippen molar-refractivity contribution in [3.8, 4) is 0 Å². The van der Waals surface area contributed by atoms with Gasteiger partial charge in [-0.2, -0.15) is 0 Å².